The molecule has 1 saturated heterocycles. The van der Waals surface area contributed by atoms with Gasteiger partial charge in [-0.2, -0.15) is 0 Å². The van der Waals surface area contributed by atoms with Crippen LogP contribution in [0.15, 0.2) is 77.2 Å². The first-order valence-corrected chi connectivity index (χ1v) is 15.4. The fourth-order valence-electron chi connectivity index (χ4n) is 4.91. The Hall–Kier alpha value is -3.75. The number of nitrogens with one attached hydrogen (secondary N) is 1. The first-order valence-electron chi connectivity index (χ1n) is 14.5. The highest BCUT2D eigenvalue weighted by Gasteiger charge is 2.27. The number of likely N-dealkylation sites (tertiary alicyclic amines) is 1. The van der Waals surface area contributed by atoms with Gasteiger partial charge in [0.2, 0.25) is 5.91 Å². The molecule has 42 heavy (non-hydrogen) atoms. The van der Waals surface area contributed by atoms with Gasteiger partial charge >= 0.3 is 5.97 Å². The number of thiazole rings is 1. The smallest absolute Gasteiger partial charge is 0.333 e. The van der Waals surface area contributed by atoms with E-state index in [4.69, 9.17) is 14.5 Å². The van der Waals surface area contributed by atoms with Gasteiger partial charge in [0, 0.05) is 16.9 Å². The number of benzene rings is 2. The van der Waals surface area contributed by atoms with E-state index in [0.717, 1.165) is 59.1 Å². The highest BCUT2D eigenvalue weighted by Crippen LogP contribution is 2.27. The summed E-state index contributed by atoms with van der Waals surface area (Å²) in [5.41, 5.74) is 4.44. The Kier molecular flexibility index (Phi) is 11.5. The van der Waals surface area contributed by atoms with E-state index in [9.17, 15) is 9.59 Å². The number of piperidine rings is 1. The molecule has 2 aromatic carbocycles. The van der Waals surface area contributed by atoms with Crippen LogP contribution in [0.3, 0.4) is 0 Å². The van der Waals surface area contributed by atoms with Crippen molar-refractivity contribution in [3.8, 4) is 5.75 Å². The average molecular weight is 588 g/mol. The van der Waals surface area contributed by atoms with Crippen molar-refractivity contribution in [3.05, 3.63) is 99.0 Å². The molecular formula is C34H41N3O4S. The Morgan fingerprint density at radius 3 is 2.48 bits per heavy atom. The maximum atomic E-state index is 13.3. The van der Waals surface area contributed by atoms with Crippen molar-refractivity contribution in [2.75, 3.05) is 26.7 Å². The number of nitrogens with zero attached hydrogens (tertiary/aromatic N) is 2. The van der Waals surface area contributed by atoms with Crippen LogP contribution in [0.4, 0.5) is 0 Å². The zero-order valence-corrected chi connectivity index (χ0v) is 25.8. The Bertz CT molecular complexity index is 1370. The van der Waals surface area contributed by atoms with Gasteiger partial charge in [0.05, 0.1) is 18.3 Å². The summed E-state index contributed by atoms with van der Waals surface area (Å²) in [6, 6.07) is 17.9. The van der Waals surface area contributed by atoms with Gasteiger partial charge in [-0.15, -0.1) is 11.3 Å². The molecule has 1 aliphatic heterocycles. The van der Waals surface area contributed by atoms with E-state index in [0.29, 0.717) is 25.2 Å². The molecule has 1 fully saturated rings. The van der Waals surface area contributed by atoms with Gasteiger partial charge in [0.1, 0.15) is 17.4 Å². The normalized spacial score (nSPS) is 15.7. The third kappa shape index (κ3) is 9.39. The van der Waals surface area contributed by atoms with Gasteiger partial charge in [-0.25, -0.2) is 9.78 Å². The summed E-state index contributed by atoms with van der Waals surface area (Å²) in [7, 11) is 2.10. The van der Waals surface area contributed by atoms with E-state index in [1.807, 2.05) is 60.8 Å². The van der Waals surface area contributed by atoms with E-state index < -0.39 is 0 Å². The van der Waals surface area contributed by atoms with Crippen LogP contribution in [0.1, 0.15) is 61.5 Å². The number of rotatable bonds is 12. The molecular weight excluding hydrogens is 546 g/mol. The molecule has 0 aliphatic carbocycles. The van der Waals surface area contributed by atoms with Crippen molar-refractivity contribution in [3.63, 3.8) is 0 Å². The molecule has 0 bridgehead atoms. The topological polar surface area (TPSA) is 80.8 Å². The molecule has 3 aromatic rings. The van der Waals surface area contributed by atoms with Crippen LogP contribution in [-0.2, 0) is 27.4 Å². The summed E-state index contributed by atoms with van der Waals surface area (Å²) >= 11 is 1.53. The third-order valence-electron chi connectivity index (χ3n) is 7.27. The van der Waals surface area contributed by atoms with Crippen LogP contribution >= 0.6 is 11.3 Å². The van der Waals surface area contributed by atoms with Crippen LogP contribution in [-0.4, -0.2) is 48.5 Å². The summed E-state index contributed by atoms with van der Waals surface area (Å²) in [5, 5.41) is 6.16. The van der Waals surface area contributed by atoms with Gasteiger partial charge in [0.15, 0.2) is 0 Å². The Morgan fingerprint density at radius 2 is 1.79 bits per heavy atom. The van der Waals surface area contributed by atoms with Crippen molar-refractivity contribution in [2.45, 2.75) is 52.7 Å². The summed E-state index contributed by atoms with van der Waals surface area (Å²) in [5.74, 6) is 0.581. The SMILES string of the molecule is CCOC(=O)C(C)=CC(C)=Cc1csc([C@H](Cc2ccc(OCc3ccccc3)cc2)NC(=O)C2CCN(C)CC2)n1. The number of carbonyl (C=O) groups excluding carboxylic acids is 2. The van der Waals surface area contributed by atoms with Crippen molar-refractivity contribution in [1.82, 2.24) is 15.2 Å². The molecule has 0 saturated carbocycles. The number of hydrogen-bond acceptors (Lipinski definition) is 7. The predicted molar refractivity (Wildman–Crippen MR) is 168 cm³/mol. The molecule has 4 rings (SSSR count). The second-order valence-corrected chi connectivity index (χ2v) is 11.7. The zero-order chi connectivity index (χ0) is 29.9. The van der Waals surface area contributed by atoms with Crippen molar-refractivity contribution >= 4 is 29.3 Å². The van der Waals surface area contributed by atoms with Crippen LogP contribution < -0.4 is 10.1 Å². The highest BCUT2D eigenvalue weighted by atomic mass is 32.1. The zero-order valence-electron chi connectivity index (χ0n) is 25.0. The lowest BCUT2D eigenvalue weighted by Crippen LogP contribution is -2.40. The lowest BCUT2D eigenvalue weighted by molar-refractivity contribution is -0.138. The van der Waals surface area contributed by atoms with Crippen LogP contribution in [0, 0.1) is 5.92 Å². The Balaban J connectivity index is 1.48. The summed E-state index contributed by atoms with van der Waals surface area (Å²) < 4.78 is 11.0. The molecule has 0 radical (unpaired) electrons. The third-order valence-corrected chi connectivity index (χ3v) is 8.25. The molecule has 2 heterocycles. The minimum atomic E-state index is -0.322. The minimum absolute atomic E-state index is 0.00928. The molecule has 0 unspecified atom stereocenters. The monoisotopic (exact) mass is 587 g/mol. The van der Waals surface area contributed by atoms with Gasteiger partial charge in [-0.3, -0.25) is 4.79 Å². The van der Waals surface area contributed by atoms with E-state index in [2.05, 4.69) is 29.4 Å². The molecule has 1 atom stereocenters. The maximum absolute atomic E-state index is 13.3. The van der Waals surface area contributed by atoms with Gasteiger partial charge in [-0.1, -0.05) is 42.5 Å². The number of hydrogen-bond donors (Lipinski definition) is 1. The van der Waals surface area contributed by atoms with E-state index >= 15 is 0 Å². The molecule has 1 aromatic heterocycles. The average Bonchev–Trinajstić information content (AvgIpc) is 3.45. The minimum Gasteiger partial charge on any atom is -0.489 e. The van der Waals surface area contributed by atoms with E-state index in [-0.39, 0.29) is 23.8 Å². The predicted octanol–water partition coefficient (Wildman–Crippen LogP) is 6.38. The van der Waals surface area contributed by atoms with Crippen LogP contribution in [0.25, 0.3) is 6.08 Å². The number of esters is 1. The first-order chi connectivity index (χ1) is 20.3. The van der Waals surface area contributed by atoms with Gasteiger partial charge < -0.3 is 19.7 Å². The lowest BCUT2D eigenvalue weighted by atomic mass is 9.95. The quantitative estimate of drug-likeness (QED) is 0.151. The largest absolute Gasteiger partial charge is 0.489 e. The summed E-state index contributed by atoms with van der Waals surface area (Å²) in [6.07, 6.45) is 6.09. The highest BCUT2D eigenvalue weighted by molar-refractivity contribution is 7.09. The molecule has 0 spiro atoms. The maximum Gasteiger partial charge on any atom is 0.333 e. The fourth-order valence-corrected chi connectivity index (χ4v) is 5.73. The van der Waals surface area contributed by atoms with Crippen molar-refractivity contribution in [1.29, 1.82) is 0 Å². The molecule has 1 N–H and O–H groups in total. The Morgan fingerprint density at radius 1 is 1.07 bits per heavy atom. The Labute approximate surface area is 253 Å². The van der Waals surface area contributed by atoms with E-state index in [1.165, 1.54) is 11.3 Å². The van der Waals surface area contributed by atoms with Crippen LogP contribution in [0.2, 0.25) is 0 Å². The van der Waals surface area contributed by atoms with Crippen molar-refractivity contribution < 1.29 is 19.1 Å². The summed E-state index contributed by atoms with van der Waals surface area (Å²) in [6.45, 7) is 8.18. The molecule has 1 aliphatic rings. The van der Waals surface area contributed by atoms with Gasteiger partial charge in [0.25, 0.3) is 0 Å². The van der Waals surface area contributed by atoms with Gasteiger partial charge in [-0.05, 0) is 101 Å². The first kappa shape index (κ1) is 31.2. The summed E-state index contributed by atoms with van der Waals surface area (Å²) in [4.78, 5) is 32.5. The van der Waals surface area contributed by atoms with E-state index in [1.54, 1.807) is 19.9 Å². The second kappa shape index (κ2) is 15.5. The molecule has 8 heteroatoms. The molecule has 7 nitrogen and oxygen atoms in total. The molecule has 222 valence electrons. The standard InChI is InChI=1S/C34H41N3O4S/c1-5-40-34(39)25(3)19-24(2)20-29-23-42-33(35-29)31(36-32(38)28-15-17-37(4)18-16-28)21-26-11-13-30(14-12-26)41-22-27-9-7-6-8-10-27/h6-14,19-20,23,28,31H,5,15-18,21-22H2,1-4H3,(H,36,38)/t31-/m0/s1. The number of ether oxygens (including phenoxy) is 2. The lowest BCUT2D eigenvalue weighted by Gasteiger charge is -2.29. The van der Waals surface area contributed by atoms with Crippen LogP contribution in [0.5, 0.6) is 5.75 Å². The molecule has 1 amide bonds. The van der Waals surface area contributed by atoms with Crippen molar-refractivity contribution in [2.24, 2.45) is 5.92 Å². The fraction of sp³-hybridized carbons (Fsp3) is 0.382. The number of amides is 1. The number of allylic oxidation sites excluding steroid dienone is 2. The number of aromatic nitrogens is 1. The second-order valence-electron chi connectivity index (χ2n) is 10.8. The number of carbonyl (C=O) groups is 2.